The maximum Gasteiger partial charge on any atom is 0.251 e. The molecule has 0 aliphatic carbocycles. The molecule has 2 aliphatic rings. The summed E-state index contributed by atoms with van der Waals surface area (Å²) in [4.78, 5) is 11.9. The Morgan fingerprint density at radius 3 is 3.00 bits per heavy atom. The Morgan fingerprint density at radius 1 is 1.44 bits per heavy atom. The van der Waals surface area contributed by atoms with E-state index in [0.29, 0.717) is 25.9 Å². The molecule has 2 heterocycles. The summed E-state index contributed by atoms with van der Waals surface area (Å²) in [5.74, 6) is -0.0414. The van der Waals surface area contributed by atoms with Gasteiger partial charge in [-0.05, 0) is 26.3 Å². The lowest BCUT2D eigenvalue weighted by Gasteiger charge is -2.32. The molecule has 0 spiro atoms. The fourth-order valence-electron chi connectivity index (χ4n) is 2.16. The first-order chi connectivity index (χ1) is 7.77. The van der Waals surface area contributed by atoms with E-state index in [4.69, 9.17) is 9.47 Å². The third kappa shape index (κ3) is 2.93. The Bertz CT molecular complexity index is 241. The monoisotopic (exact) mass is 228 g/mol. The fraction of sp³-hybridized carbons (Fsp3) is 0.909. The van der Waals surface area contributed by atoms with Crippen LogP contribution in [0, 0.1) is 0 Å². The summed E-state index contributed by atoms with van der Waals surface area (Å²) < 4.78 is 10.6. The molecule has 2 aliphatic heterocycles. The molecule has 0 radical (unpaired) electrons. The molecule has 3 unspecified atom stereocenters. The largest absolute Gasteiger partial charge is 0.376 e. The van der Waals surface area contributed by atoms with E-state index in [-0.39, 0.29) is 11.9 Å². The predicted octanol–water partition coefficient (Wildman–Crippen LogP) is -0.341. The number of rotatable bonds is 2. The standard InChI is InChI=1S/C11H20N2O3/c1-8-9(3-2-4-12-8)13-11(14)10-7-15-5-6-16-10/h8-10,12H,2-7H2,1H3,(H,13,14). The van der Waals surface area contributed by atoms with E-state index in [1.54, 1.807) is 0 Å². The highest BCUT2D eigenvalue weighted by atomic mass is 16.6. The van der Waals surface area contributed by atoms with Gasteiger partial charge in [-0.3, -0.25) is 4.79 Å². The van der Waals surface area contributed by atoms with Crippen molar-refractivity contribution in [1.29, 1.82) is 0 Å². The summed E-state index contributed by atoms with van der Waals surface area (Å²) in [5.41, 5.74) is 0. The summed E-state index contributed by atoms with van der Waals surface area (Å²) in [5, 5.41) is 6.39. The van der Waals surface area contributed by atoms with E-state index in [1.165, 1.54) is 0 Å². The summed E-state index contributed by atoms with van der Waals surface area (Å²) in [6.07, 6.45) is 1.72. The molecule has 2 N–H and O–H groups in total. The highest BCUT2D eigenvalue weighted by molar-refractivity contribution is 5.81. The SMILES string of the molecule is CC1NCCCC1NC(=O)C1COCCO1. The molecule has 1 amide bonds. The zero-order valence-corrected chi connectivity index (χ0v) is 9.70. The van der Waals surface area contributed by atoms with Crippen LogP contribution in [-0.2, 0) is 14.3 Å². The first kappa shape index (κ1) is 11.8. The van der Waals surface area contributed by atoms with E-state index in [2.05, 4.69) is 17.6 Å². The van der Waals surface area contributed by atoms with Gasteiger partial charge in [0, 0.05) is 12.1 Å². The van der Waals surface area contributed by atoms with Gasteiger partial charge in [0.05, 0.1) is 19.8 Å². The Labute approximate surface area is 95.9 Å². The Hall–Kier alpha value is -0.650. The first-order valence-electron chi connectivity index (χ1n) is 6.00. The number of hydrogen-bond acceptors (Lipinski definition) is 4. The van der Waals surface area contributed by atoms with Crippen LogP contribution >= 0.6 is 0 Å². The maximum atomic E-state index is 11.9. The molecule has 16 heavy (non-hydrogen) atoms. The van der Waals surface area contributed by atoms with Crippen molar-refractivity contribution in [2.24, 2.45) is 0 Å². The van der Waals surface area contributed by atoms with Gasteiger partial charge in [-0.25, -0.2) is 0 Å². The van der Waals surface area contributed by atoms with Gasteiger partial charge in [-0.15, -0.1) is 0 Å². The minimum absolute atomic E-state index is 0.0414. The van der Waals surface area contributed by atoms with Crippen molar-refractivity contribution in [3.05, 3.63) is 0 Å². The summed E-state index contributed by atoms with van der Waals surface area (Å²) in [6, 6.07) is 0.550. The number of ether oxygens (including phenoxy) is 2. The number of nitrogens with one attached hydrogen (secondary N) is 2. The van der Waals surface area contributed by atoms with Crippen molar-refractivity contribution in [2.75, 3.05) is 26.4 Å². The Balaban J connectivity index is 1.80. The molecule has 3 atom stereocenters. The van der Waals surface area contributed by atoms with Crippen LogP contribution in [0.15, 0.2) is 0 Å². The second-order valence-corrected chi connectivity index (χ2v) is 4.43. The Kier molecular flexibility index (Phi) is 4.15. The van der Waals surface area contributed by atoms with Gasteiger partial charge in [0.1, 0.15) is 0 Å². The molecule has 0 bridgehead atoms. The minimum atomic E-state index is -0.428. The molecule has 0 aromatic carbocycles. The van der Waals surface area contributed by atoms with Gasteiger partial charge in [0.25, 0.3) is 5.91 Å². The lowest BCUT2D eigenvalue weighted by Crippen LogP contribution is -2.55. The normalized spacial score (nSPS) is 35.7. The molecular formula is C11H20N2O3. The number of amides is 1. The van der Waals surface area contributed by atoms with E-state index >= 15 is 0 Å². The third-order valence-corrected chi connectivity index (χ3v) is 3.20. The van der Waals surface area contributed by atoms with E-state index in [9.17, 15) is 4.79 Å². The average Bonchev–Trinajstić information content (AvgIpc) is 2.33. The number of carbonyl (C=O) groups excluding carboxylic acids is 1. The van der Waals surface area contributed by atoms with E-state index < -0.39 is 6.10 Å². The molecule has 0 saturated carbocycles. The zero-order chi connectivity index (χ0) is 11.4. The smallest absolute Gasteiger partial charge is 0.251 e. The van der Waals surface area contributed by atoms with Crippen molar-refractivity contribution < 1.29 is 14.3 Å². The third-order valence-electron chi connectivity index (χ3n) is 3.20. The first-order valence-corrected chi connectivity index (χ1v) is 6.00. The van der Waals surface area contributed by atoms with Crippen molar-refractivity contribution in [1.82, 2.24) is 10.6 Å². The molecular weight excluding hydrogens is 208 g/mol. The molecule has 0 aromatic rings. The van der Waals surface area contributed by atoms with Gasteiger partial charge >= 0.3 is 0 Å². The van der Waals surface area contributed by atoms with Gasteiger partial charge in [0.15, 0.2) is 6.10 Å². The van der Waals surface area contributed by atoms with Crippen LogP contribution < -0.4 is 10.6 Å². The molecule has 92 valence electrons. The van der Waals surface area contributed by atoms with Gasteiger partial charge in [0.2, 0.25) is 0 Å². The van der Waals surface area contributed by atoms with E-state index in [0.717, 1.165) is 19.4 Å². The van der Waals surface area contributed by atoms with Gasteiger partial charge < -0.3 is 20.1 Å². The number of hydrogen-bond donors (Lipinski definition) is 2. The lowest BCUT2D eigenvalue weighted by atomic mass is 9.99. The average molecular weight is 228 g/mol. The van der Waals surface area contributed by atoms with Crippen LogP contribution in [0.1, 0.15) is 19.8 Å². The number of piperidine rings is 1. The fourth-order valence-corrected chi connectivity index (χ4v) is 2.16. The molecule has 2 fully saturated rings. The lowest BCUT2D eigenvalue weighted by molar-refractivity contribution is -0.148. The summed E-state index contributed by atoms with van der Waals surface area (Å²) in [7, 11) is 0. The summed E-state index contributed by atoms with van der Waals surface area (Å²) in [6.45, 7) is 4.61. The second-order valence-electron chi connectivity index (χ2n) is 4.43. The molecule has 0 aromatic heterocycles. The highest BCUT2D eigenvalue weighted by Gasteiger charge is 2.28. The van der Waals surface area contributed by atoms with Crippen molar-refractivity contribution >= 4 is 5.91 Å². The highest BCUT2D eigenvalue weighted by Crippen LogP contribution is 2.09. The molecule has 5 nitrogen and oxygen atoms in total. The van der Waals surface area contributed by atoms with Gasteiger partial charge in [-0.1, -0.05) is 0 Å². The van der Waals surface area contributed by atoms with Crippen LogP contribution in [0.2, 0.25) is 0 Å². The topological polar surface area (TPSA) is 59.6 Å². The molecule has 5 heteroatoms. The Morgan fingerprint density at radius 2 is 2.31 bits per heavy atom. The van der Waals surface area contributed by atoms with Crippen molar-refractivity contribution in [3.8, 4) is 0 Å². The molecule has 2 saturated heterocycles. The zero-order valence-electron chi connectivity index (χ0n) is 9.70. The quantitative estimate of drug-likeness (QED) is 0.679. The predicted molar refractivity (Wildman–Crippen MR) is 59.2 cm³/mol. The van der Waals surface area contributed by atoms with Crippen LogP contribution in [0.5, 0.6) is 0 Å². The summed E-state index contributed by atoms with van der Waals surface area (Å²) >= 11 is 0. The van der Waals surface area contributed by atoms with E-state index in [1.807, 2.05) is 0 Å². The van der Waals surface area contributed by atoms with Gasteiger partial charge in [-0.2, -0.15) is 0 Å². The van der Waals surface area contributed by atoms with Crippen LogP contribution in [0.4, 0.5) is 0 Å². The minimum Gasteiger partial charge on any atom is -0.376 e. The second kappa shape index (κ2) is 5.61. The number of carbonyl (C=O) groups is 1. The molecule has 2 rings (SSSR count). The van der Waals surface area contributed by atoms with Crippen LogP contribution in [0.25, 0.3) is 0 Å². The maximum absolute atomic E-state index is 11.9. The van der Waals surface area contributed by atoms with Crippen LogP contribution in [-0.4, -0.2) is 50.5 Å². The van der Waals surface area contributed by atoms with Crippen molar-refractivity contribution in [3.63, 3.8) is 0 Å². The van der Waals surface area contributed by atoms with Crippen molar-refractivity contribution in [2.45, 2.75) is 38.0 Å². The van der Waals surface area contributed by atoms with Crippen LogP contribution in [0.3, 0.4) is 0 Å².